The van der Waals surface area contributed by atoms with Gasteiger partial charge >= 0.3 is 24.5 Å². The molecule has 0 heterocycles. The van der Waals surface area contributed by atoms with Crippen molar-refractivity contribution >= 4 is 5.97 Å². The van der Waals surface area contributed by atoms with Crippen LogP contribution in [0, 0.1) is 0 Å². The highest BCUT2D eigenvalue weighted by molar-refractivity contribution is 5.72. The molecule has 0 rings (SSSR count). The van der Waals surface area contributed by atoms with Crippen LogP contribution in [0.2, 0.25) is 0 Å². The highest BCUT2D eigenvalue weighted by Gasteiger charge is 2.57. The van der Waals surface area contributed by atoms with Gasteiger partial charge in [0.15, 0.2) is 6.61 Å². The van der Waals surface area contributed by atoms with Gasteiger partial charge in [0.2, 0.25) is 0 Å². The van der Waals surface area contributed by atoms with E-state index in [4.69, 9.17) is 0 Å². The maximum atomic E-state index is 12.3. The number of carbonyl (C=O) groups is 1. The topological polar surface area (TPSA) is 26.3 Å². The molecule has 0 fully saturated rings. The van der Waals surface area contributed by atoms with Crippen LogP contribution in [-0.4, -0.2) is 37.3 Å². The summed E-state index contributed by atoms with van der Waals surface area (Å²) in [6.45, 7) is -2.41. The smallest absolute Gasteiger partial charge is 0.425 e. The van der Waals surface area contributed by atoms with Crippen molar-refractivity contribution < 1.29 is 44.7 Å². The molecular weight excluding hydrogens is 256 g/mol. The Morgan fingerprint density at radius 1 is 1.06 bits per heavy atom. The molecule has 0 aliphatic rings. The van der Waals surface area contributed by atoms with Crippen molar-refractivity contribution in [3.8, 4) is 0 Å². The third-order valence-electron chi connectivity index (χ3n) is 1.24. The predicted octanol–water partition coefficient (Wildman–Crippen LogP) is 2.33. The maximum absolute atomic E-state index is 12.3. The lowest BCUT2D eigenvalue weighted by atomic mass is 10.2. The van der Waals surface area contributed by atoms with Crippen molar-refractivity contribution in [3.05, 3.63) is 0 Å². The molecule has 0 saturated heterocycles. The summed E-state index contributed by atoms with van der Waals surface area (Å²) in [5, 5.41) is 0. The van der Waals surface area contributed by atoms with Gasteiger partial charge in [-0.1, -0.05) is 0 Å². The van der Waals surface area contributed by atoms with Crippen molar-refractivity contribution in [3.63, 3.8) is 0 Å². The van der Waals surface area contributed by atoms with Gasteiger partial charge in [-0.3, -0.25) is 0 Å². The van der Waals surface area contributed by atoms with Gasteiger partial charge < -0.3 is 4.74 Å². The molecule has 0 spiro atoms. The third-order valence-corrected chi connectivity index (χ3v) is 1.24. The van der Waals surface area contributed by atoms with Gasteiger partial charge in [-0.05, 0) is 0 Å². The number of alkyl halides is 8. The molecule has 0 aromatic heterocycles. The highest BCUT2D eigenvalue weighted by Crippen LogP contribution is 2.35. The van der Waals surface area contributed by atoms with Gasteiger partial charge in [0.1, 0.15) is 0 Å². The average Bonchev–Trinajstić information content (AvgIpc) is 2.11. The fraction of sp³-hybridized carbons (Fsp3) is 0.833. The normalized spacial score (nSPS) is 15.1. The first-order valence-electron chi connectivity index (χ1n) is 3.52. The van der Waals surface area contributed by atoms with Crippen LogP contribution >= 0.6 is 0 Å². The summed E-state index contributed by atoms with van der Waals surface area (Å²) >= 11 is 0. The number of ether oxygens (including phenoxy) is 1. The number of carbonyl (C=O) groups excluding carboxylic acids is 1. The average molecular weight is 260 g/mol. The lowest BCUT2D eigenvalue weighted by Crippen LogP contribution is -2.45. The Hall–Kier alpha value is -1.09. The lowest BCUT2D eigenvalue weighted by Gasteiger charge is -2.22. The molecule has 0 saturated carbocycles. The van der Waals surface area contributed by atoms with Crippen molar-refractivity contribution in [2.24, 2.45) is 0 Å². The minimum atomic E-state index is -5.87. The second kappa shape index (κ2) is 4.83. The molecule has 1 atom stereocenters. The van der Waals surface area contributed by atoms with Gasteiger partial charge in [-0.15, -0.1) is 0 Å². The fourth-order valence-corrected chi connectivity index (χ4v) is 0.543. The van der Waals surface area contributed by atoms with Crippen molar-refractivity contribution in [2.75, 3.05) is 6.61 Å². The Morgan fingerprint density at radius 3 is 1.81 bits per heavy atom. The Balaban J connectivity index is 4.41. The summed E-state index contributed by atoms with van der Waals surface area (Å²) in [4.78, 5) is 9.95. The standard InChI is InChI=1S/C6H4F8O2/c7-2(8)3(15)16-1-5(10,11)4(9)6(12,13)14/h2,4H,1H2/t4-/m1/s1. The molecule has 0 aliphatic heterocycles. The van der Waals surface area contributed by atoms with Crippen molar-refractivity contribution in [1.29, 1.82) is 0 Å². The zero-order chi connectivity index (χ0) is 13.1. The summed E-state index contributed by atoms with van der Waals surface area (Å²) in [5.74, 6) is -7.56. The van der Waals surface area contributed by atoms with E-state index in [-0.39, 0.29) is 0 Å². The van der Waals surface area contributed by atoms with Gasteiger partial charge in [-0.2, -0.15) is 30.7 Å². The number of rotatable bonds is 4. The van der Waals surface area contributed by atoms with Crippen LogP contribution in [0.15, 0.2) is 0 Å². The first kappa shape index (κ1) is 14.9. The van der Waals surface area contributed by atoms with E-state index in [1.165, 1.54) is 0 Å². The van der Waals surface area contributed by atoms with Crippen LogP contribution in [-0.2, 0) is 9.53 Å². The Labute approximate surface area is 83.2 Å². The summed E-state index contributed by atoms with van der Waals surface area (Å²) in [6.07, 6.45) is -14.2. The van der Waals surface area contributed by atoms with Crippen LogP contribution in [0.4, 0.5) is 35.1 Å². The Morgan fingerprint density at radius 2 is 1.50 bits per heavy atom. The molecule has 0 aliphatic carbocycles. The molecule has 0 amide bonds. The Kier molecular flexibility index (Phi) is 4.50. The first-order valence-corrected chi connectivity index (χ1v) is 3.52. The molecule has 0 unspecified atom stereocenters. The molecule has 0 bridgehead atoms. The molecule has 96 valence electrons. The van der Waals surface area contributed by atoms with Gasteiger partial charge in [0, 0.05) is 0 Å². The SMILES string of the molecule is O=C(OCC(F)(F)[C@@H](F)C(F)(F)F)C(F)F. The minimum absolute atomic E-state index is 2.41. The van der Waals surface area contributed by atoms with Crippen LogP contribution in [0.1, 0.15) is 0 Å². The van der Waals surface area contributed by atoms with Crippen molar-refractivity contribution in [2.45, 2.75) is 24.7 Å². The van der Waals surface area contributed by atoms with E-state index < -0.39 is 37.3 Å². The summed E-state index contributed by atoms with van der Waals surface area (Å²) in [7, 11) is 0. The first-order chi connectivity index (χ1) is 6.98. The summed E-state index contributed by atoms with van der Waals surface area (Å²) < 4.78 is 97.1. The molecule has 0 radical (unpaired) electrons. The Bertz CT molecular complexity index is 247. The zero-order valence-electron chi connectivity index (χ0n) is 7.20. The number of hydrogen-bond donors (Lipinski definition) is 0. The van der Waals surface area contributed by atoms with Gasteiger partial charge in [-0.25, -0.2) is 9.18 Å². The second-order valence-electron chi connectivity index (χ2n) is 2.57. The van der Waals surface area contributed by atoms with E-state index in [1.807, 2.05) is 0 Å². The molecule has 2 nitrogen and oxygen atoms in total. The van der Waals surface area contributed by atoms with Crippen LogP contribution < -0.4 is 0 Å². The molecule has 0 aromatic carbocycles. The van der Waals surface area contributed by atoms with E-state index in [9.17, 15) is 39.9 Å². The van der Waals surface area contributed by atoms with Gasteiger partial charge in [0.25, 0.3) is 6.17 Å². The molecule has 0 aromatic rings. The summed E-state index contributed by atoms with van der Waals surface area (Å²) in [6, 6.07) is 0. The third kappa shape index (κ3) is 4.19. The van der Waals surface area contributed by atoms with Crippen molar-refractivity contribution in [1.82, 2.24) is 0 Å². The maximum Gasteiger partial charge on any atom is 0.425 e. The lowest BCUT2D eigenvalue weighted by molar-refractivity contribution is -0.255. The zero-order valence-corrected chi connectivity index (χ0v) is 7.20. The number of hydrogen-bond acceptors (Lipinski definition) is 2. The predicted molar refractivity (Wildman–Crippen MR) is 32.9 cm³/mol. The quantitative estimate of drug-likeness (QED) is 0.572. The monoisotopic (exact) mass is 260 g/mol. The highest BCUT2D eigenvalue weighted by atomic mass is 19.4. The van der Waals surface area contributed by atoms with E-state index >= 15 is 0 Å². The van der Waals surface area contributed by atoms with E-state index in [2.05, 4.69) is 4.74 Å². The van der Waals surface area contributed by atoms with Crippen LogP contribution in [0.5, 0.6) is 0 Å². The minimum Gasteiger partial charge on any atom is -0.455 e. The van der Waals surface area contributed by atoms with E-state index in [1.54, 1.807) is 0 Å². The molecular formula is C6H4F8O2. The molecule has 10 heteroatoms. The van der Waals surface area contributed by atoms with E-state index in [0.717, 1.165) is 0 Å². The van der Waals surface area contributed by atoms with Crippen LogP contribution in [0.25, 0.3) is 0 Å². The largest absolute Gasteiger partial charge is 0.455 e. The number of esters is 1. The summed E-state index contributed by atoms with van der Waals surface area (Å²) in [5.41, 5.74) is 0. The molecule has 16 heavy (non-hydrogen) atoms. The second-order valence-corrected chi connectivity index (χ2v) is 2.57. The van der Waals surface area contributed by atoms with Gasteiger partial charge in [0.05, 0.1) is 0 Å². The van der Waals surface area contributed by atoms with Crippen LogP contribution in [0.3, 0.4) is 0 Å². The van der Waals surface area contributed by atoms with E-state index in [0.29, 0.717) is 0 Å². The fourth-order valence-electron chi connectivity index (χ4n) is 0.543. The number of halogens is 8. The molecule has 0 N–H and O–H groups in total.